The van der Waals surface area contributed by atoms with E-state index in [0.717, 1.165) is 12.0 Å². The van der Waals surface area contributed by atoms with Gasteiger partial charge < -0.3 is 25.8 Å². The largest absolute Gasteiger partial charge is 0.445 e. The molecular formula is C25H39F2N3O5. The quantitative estimate of drug-likeness (QED) is 0.293. The van der Waals surface area contributed by atoms with Gasteiger partial charge >= 0.3 is 6.09 Å². The highest BCUT2D eigenvalue weighted by Crippen LogP contribution is 2.24. The average Bonchev–Trinajstić information content (AvgIpc) is 2.79. The molecule has 8 nitrogen and oxygen atoms in total. The lowest BCUT2D eigenvalue weighted by atomic mass is 9.95. The third-order valence-electron chi connectivity index (χ3n) is 5.36. The summed E-state index contributed by atoms with van der Waals surface area (Å²) in [4.78, 5) is 36.5. The Morgan fingerprint density at radius 1 is 0.971 bits per heavy atom. The van der Waals surface area contributed by atoms with E-state index in [1.165, 1.54) is 6.92 Å². The van der Waals surface area contributed by atoms with E-state index in [-0.39, 0.29) is 18.9 Å². The smallest absolute Gasteiger partial charge is 0.407 e. The molecule has 0 radical (unpaired) electrons. The molecule has 0 spiro atoms. The Morgan fingerprint density at radius 3 is 2.14 bits per heavy atom. The molecular weight excluding hydrogens is 460 g/mol. The molecule has 1 aromatic carbocycles. The number of alkyl carbamates (subject to hydrolysis) is 1. The van der Waals surface area contributed by atoms with Crippen molar-refractivity contribution in [3.8, 4) is 0 Å². The van der Waals surface area contributed by atoms with Gasteiger partial charge in [-0.05, 0) is 37.2 Å². The number of nitrogens with one attached hydrogen (secondary N) is 3. The molecule has 0 fully saturated rings. The third-order valence-corrected chi connectivity index (χ3v) is 5.36. The highest BCUT2D eigenvalue weighted by molar-refractivity contribution is 5.99. The van der Waals surface area contributed by atoms with Crippen LogP contribution in [0.5, 0.6) is 0 Å². The molecule has 1 aromatic rings. The van der Waals surface area contributed by atoms with Crippen molar-refractivity contribution in [2.45, 2.75) is 72.1 Å². The number of hydrogen-bond acceptors (Lipinski definition) is 5. The monoisotopic (exact) mass is 499 g/mol. The zero-order chi connectivity index (χ0) is 26.6. The second-order valence-corrected chi connectivity index (χ2v) is 9.56. The zero-order valence-electron chi connectivity index (χ0n) is 21.1. The fourth-order valence-corrected chi connectivity index (χ4v) is 3.20. The van der Waals surface area contributed by atoms with Crippen LogP contribution in [0.15, 0.2) is 30.3 Å². The van der Waals surface area contributed by atoms with Crippen molar-refractivity contribution in [3.63, 3.8) is 0 Å². The maximum Gasteiger partial charge on any atom is 0.407 e. The fourth-order valence-electron chi connectivity index (χ4n) is 3.20. The number of benzene rings is 1. The number of carbonyl (C=O) groups is 3. The van der Waals surface area contributed by atoms with Gasteiger partial charge in [0.15, 0.2) is 0 Å². The molecule has 0 heterocycles. The molecule has 3 atom stereocenters. The van der Waals surface area contributed by atoms with Crippen LogP contribution in [0.1, 0.15) is 53.0 Å². The van der Waals surface area contributed by atoms with Gasteiger partial charge in [-0.15, -0.1) is 0 Å². The topological polar surface area (TPSA) is 117 Å². The van der Waals surface area contributed by atoms with E-state index in [2.05, 4.69) is 10.6 Å². The molecule has 0 aliphatic carbocycles. The van der Waals surface area contributed by atoms with Crippen molar-refractivity contribution in [1.29, 1.82) is 0 Å². The normalized spacial score (nSPS) is 14.2. The van der Waals surface area contributed by atoms with E-state index >= 15 is 0 Å². The van der Waals surface area contributed by atoms with Crippen LogP contribution in [0.4, 0.5) is 13.6 Å². The van der Waals surface area contributed by atoms with Crippen LogP contribution in [-0.4, -0.2) is 54.2 Å². The molecule has 0 saturated heterocycles. The van der Waals surface area contributed by atoms with Gasteiger partial charge in [0, 0.05) is 6.54 Å². The van der Waals surface area contributed by atoms with Gasteiger partial charge in [0.2, 0.25) is 11.8 Å². The Hall–Kier alpha value is -2.75. The van der Waals surface area contributed by atoms with Crippen LogP contribution in [0.25, 0.3) is 0 Å². The Bertz CT molecular complexity index is 806. The lowest BCUT2D eigenvalue weighted by Crippen LogP contribution is -2.56. The minimum absolute atomic E-state index is 0.0548. The molecule has 4 N–H and O–H groups in total. The van der Waals surface area contributed by atoms with Gasteiger partial charge in [-0.25, -0.2) is 13.6 Å². The van der Waals surface area contributed by atoms with Gasteiger partial charge in [0.1, 0.15) is 18.6 Å². The Balaban J connectivity index is 2.67. The molecule has 3 unspecified atom stereocenters. The maximum absolute atomic E-state index is 14.8. The number of amides is 3. The number of ether oxygens (including phenoxy) is 1. The van der Waals surface area contributed by atoms with E-state index < -0.39 is 48.4 Å². The molecule has 0 saturated carbocycles. The van der Waals surface area contributed by atoms with Crippen LogP contribution in [0.3, 0.4) is 0 Å². The minimum atomic E-state index is -3.77. The van der Waals surface area contributed by atoms with Gasteiger partial charge in [-0.3, -0.25) is 9.59 Å². The van der Waals surface area contributed by atoms with Crippen LogP contribution in [-0.2, 0) is 20.9 Å². The van der Waals surface area contributed by atoms with E-state index in [0.29, 0.717) is 12.5 Å². The summed E-state index contributed by atoms with van der Waals surface area (Å²) in [6, 6.07) is 7.52. The highest BCUT2D eigenvalue weighted by Gasteiger charge is 2.44. The van der Waals surface area contributed by atoms with Crippen LogP contribution in [0.2, 0.25) is 0 Å². The Morgan fingerprint density at radius 2 is 1.57 bits per heavy atom. The van der Waals surface area contributed by atoms with Crippen molar-refractivity contribution in [1.82, 2.24) is 16.0 Å². The third kappa shape index (κ3) is 11.5. The number of hydrogen-bond donors (Lipinski definition) is 4. The predicted molar refractivity (Wildman–Crippen MR) is 129 cm³/mol. The first-order chi connectivity index (χ1) is 16.3. The number of carbonyl (C=O) groups excluding carboxylic acids is 3. The van der Waals surface area contributed by atoms with Crippen LogP contribution in [0, 0.1) is 17.8 Å². The van der Waals surface area contributed by atoms with Gasteiger partial charge in [0.25, 0.3) is 5.92 Å². The van der Waals surface area contributed by atoms with Gasteiger partial charge in [0.05, 0.1) is 12.6 Å². The first-order valence-electron chi connectivity index (χ1n) is 11.9. The fraction of sp³-hybridized carbons (Fsp3) is 0.640. The lowest BCUT2D eigenvalue weighted by molar-refractivity contribution is -0.140. The van der Waals surface area contributed by atoms with Crippen LogP contribution < -0.4 is 16.0 Å². The second kappa shape index (κ2) is 14.6. The van der Waals surface area contributed by atoms with Gasteiger partial charge in [-0.2, -0.15) is 0 Å². The molecule has 0 aliphatic heterocycles. The molecule has 0 aromatic heterocycles. The zero-order valence-corrected chi connectivity index (χ0v) is 21.1. The molecule has 0 aliphatic rings. The van der Waals surface area contributed by atoms with E-state index in [1.807, 2.05) is 19.2 Å². The van der Waals surface area contributed by atoms with Crippen molar-refractivity contribution < 1.29 is 33.0 Å². The molecule has 1 rings (SSSR count). The predicted octanol–water partition coefficient (Wildman–Crippen LogP) is 3.24. The molecule has 0 bridgehead atoms. The number of rotatable bonds is 14. The number of aliphatic hydroxyl groups excluding tert-OH is 1. The number of halogens is 2. The van der Waals surface area contributed by atoms with Crippen molar-refractivity contribution in [3.05, 3.63) is 35.9 Å². The second-order valence-electron chi connectivity index (χ2n) is 9.56. The average molecular weight is 500 g/mol. The van der Waals surface area contributed by atoms with E-state index in [1.54, 1.807) is 44.2 Å². The number of aliphatic hydroxyl groups is 1. The first kappa shape index (κ1) is 30.3. The van der Waals surface area contributed by atoms with E-state index in [4.69, 9.17) is 4.74 Å². The molecule has 10 heteroatoms. The summed E-state index contributed by atoms with van der Waals surface area (Å²) in [5.41, 5.74) is 0.721. The Labute approximate surface area is 206 Å². The first-order valence-corrected chi connectivity index (χ1v) is 11.9. The summed E-state index contributed by atoms with van der Waals surface area (Å²) in [5, 5.41) is 17.4. The minimum Gasteiger partial charge on any atom is -0.445 e. The summed E-state index contributed by atoms with van der Waals surface area (Å²) in [5.74, 6) is -6.14. The molecule has 35 heavy (non-hydrogen) atoms. The lowest BCUT2D eigenvalue weighted by Gasteiger charge is -2.31. The number of alkyl halides is 2. The highest BCUT2D eigenvalue weighted by atomic mass is 19.3. The summed E-state index contributed by atoms with van der Waals surface area (Å²) in [6.45, 7) is 7.95. The Kier molecular flexibility index (Phi) is 12.6. The standard InChI is InChI=1S/C25H39F2N3O5/c1-16(2)11-12-28-22(32)18(5)23(33)29-15-25(26,27)21(31)20(13-17(3)4)30-24(34)35-14-19-9-7-6-8-10-19/h6-10,16-18,20-21,31H,11-15H2,1-5H3,(H,28,32)(H,29,33)(H,30,34). The summed E-state index contributed by atoms with van der Waals surface area (Å²) < 4.78 is 34.6. The molecule has 3 amide bonds. The summed E-state index contributed by atoms with van der Waals surface area (Å²) in [6.07, 6.45) is -2.45. The van der Waals surface area contributed by atoms with Crippen molar-refractivity contribution in [2.75, 3.05) is 13.1 Å². The van der Waals surface area contributed by atoms with Crippen molar-refractivity contribution in [2.24, 2.45) is 17.8 Å². The molecule has 198 valence electrons. The summed E-state index contributed by atoms with van der Waals surface area (Å²) in [7, 11) is 0. The maximum atomic E-state index is 14.8. The van der Waals surface area contributed by atoms with E-state index in [9.17, 15) is 28.3 Å². The SMILES string of the molecule is CC(C)CCNC(=O)C(C)C(=O)NCC(F)(F)C(O)C(CC(C)C)NC(=O)OCc1ccccc1. The van der Waals surface area contributed by atoms with Crippen LogP contribution >= 0.6 is 0 Å². The van der Waals surface area contributed by atoms with Gasteiger partial charge in [-0.1, -0.05) is 58.0 Å². The summed E-state index contributed by atoms with van der Waals surface area (Å²) >= 11 is 0. The van der Waals surface area contributed by atoms with Crippen molar-refractivity contribution >= 4 is 17.9 Å².